The summed E-state index contributed by atoms with van der Waals surface area (Å²) in [6.45, 7) is 0.415. The van der Waals surface area contributed by atoms with Crippen LogP contribution in [0.15, 0.2) is 24.3 Å². The Morgan fingerprint density at radius 3 is 2.63 bits per heavy atom. The first-order valence-electron chi connectivity index (χ1n) is 5.72. The zero-order valence-electron chi connectivity index (χ0n) is 9.98. The van der Waals surface area contributed by atoms with E-state index in [2.05, 4.69) is 4.74 Å². The summed E-state index contributed by atoms with van der Waals surface area (Å²) in [7, 11) is 0. The lowest BCUT2D eigenvalue weighted by molar-refractivity contribution is -0.275. The largest absolute Gasteiger partial charge is 0.573 e. The number of nitrogens with two attached hydrogens (primary N) is 1. The molecule has 0 aromatic heterocycles. The molecule has 19 heavy (non-hydrogen) atoms. The molecular weight excluding hydrogens is 261 g/mol. The number of ether oxygens (including phenoxy) is 1. The van der Waals surface area contributed by atoms with Gasteiger partial charge in [0, 0.05) is 31.1 Å². The minimum atomic E-state index is -4.75. The maximum atomic E-state index is 12.3. The van der Waals surface area contributed by atoms with E-state index >= 15 is 0 Å². The average molecular weight is 274 g/mol. The lowest BCUT2D eigenvalue weighted by Gasteiger charge is -2.19. The highest BCUT2D eigenvalue weighted by Crippen LogP contribution is 2.28. The highest BCUT2D eigenvalue weighted by atomic mass is 19.4. The highest BCUT2D eigenvalue weighted by molar-refractivity contribution is 5.79. The quantitative estimate of drug-likeness (QED) is 0.911. The van der Waals surface area contributed by atoms with E-state index in [0.717, 1.165) is 0 Å². The Bertz CT molecular complexity index is 476. The molecule has 1 heterocycles. The van der Waals surface area contributed by atoms with Crippen molar-refractivity contribution in [2.75, 3.05) is 6.54 Å². The number of hydrogen-bond acceptors (Lipinski definition) is 3. The van der Waals surface area contributed by atoms with Gasteiger partial charge in [-0.1, -0.05) is 18.2 Å². The number of benzene rings is 1. The fourth-order valence-electron chi connectivity index (χ4n) is 2.02. The SMILES string of the molecule is NC1CC(=O)N(Cc2ccccc2OC(F)(F)F)C1. The first-order chi connectivity index (χ1) is 8.85. The summed E-state index contributed by atoms with van der Waals surface area (Å²) < 4.78 is 40.7. The second-order valence-electron chi connectivity index (χ2n) is 4.39. The Morgan fingerprint density at radius 1 is 1.37 bits per heavy atom. The number of carbonyl (C=O) groups is 1. The Labute approximate surface area is 107 Å². The van der Waals surface area contributed by atoms with Crippen LogP contribution in [0.3, 0.4) is 0 Å². The zero-order valence-corrected chi connectivity index (χ0v) is 9.98. The average Bonchev–Trinajstić information content (AvgIpc) is 2.58. The lowest BCUT2D eigenvalue weighted by Crippen LogP contribution is -2.28. The molecule has 1 unspecified atom stereocenters. The van der Waals surface area contributed by atoms with Gasteiger partial charge >= 0.3 is 6.36 Å². The van der Waals surface area contributed by atoms with Crippen molar-refractivity contribution in [1.29, 1.82) is 0 Å². The molecule has 4 nitrogen and oxygen atoms in total. The van der Waals surface area contributed by atoms with E-state index in [1.165, 1.54) is 23.1 Å². The number of carbonyl (C=O) groups excluding carboxylic acids is 1. The summed E-state index contributed by atoms with van der Waals surface area (Å²) in [6, 6.07) is 5.51. The van der Waals surface area contributed by atoms with E-state index in [4.69, 9.17) is 5.73 Å². The number of halogens is 3. The molecule has 0 bridgehead atoms. The number of alkyl halides is 3. The second-order valence-corrected chi connectivity index (χ2v) is 4.39. The molecule has 1 aromatic rings. The van der Waals surface area contributed by atoms with E-state index in [0.29, 0.717) is 12.1 Å². The molecule has 0 saturated carbocycles. The first-order valence-corrected chi connectivity index (χ1v) is 5.72. The fourth-order valence-corrected chi connectivity index (χ4v) is 2.02. The number of rotatable bonds is 3. The minimum absolute atomic E-state index is 0.0682. The number of likely N-dealkylation sites (tertiary alicyclic amines) is 1. The molecule has 1 atom stereocenters. The number of amides is 1. The monoisotopic (exact) mass is 274 g/mol. The molecule has 1 aromatic carbocycles. The molecule has 1 aliphatic heterocycles. The summed E-state index contributed by atoms with van der Waals surface area (Å²) >= 11 is 0. The Hall–Kier alpha value is -1.76. The summed E-state index contributed by atoms with van der Waals surface area (Å²) in [5.41, 5.74) is 5.94. The van der Waals surface area contributed by atoms with Crippen LogP contribution in [0.2, 0.25) is 0 Å². The van der Waals surface area contributed by atoms with Crippen LogP contribution in [0.5, 0.6) is 5.75 Å². The number of para-hydroxylation sites is 1. The van der Waals surface area contributed by atoms with Gasteiger partial charge in [0.25, 0.3) is 0 Å². The van der Waals surface area contributed by atoms with Crippen molar-refractivity contribution < 1.29 is 22.7 Å². The van der Waals surface area contributed by atoms with Gasteiger partial charge < -0.3 is 15.4 Å². The molecule has 0 spiro atoms. The standard InChI is InChI=1S/C12H13F3N2O2/c13-12(14,15)19-10-4-2-1-3-8(10)6-17-7-9(16)5-11(17)18/h1-4,9H,5-7,16H2. The summed E-state index contributed by atoms with van der Waals surface area (Å²) in [4.78, 5) is 13.0. The molecule has 1 amide bonds. The van der Waals surface area contributed by atoms with Crippen molar-refractivity contribution in [2.45, 2.75) is 25.4 Å². The normalized spacial score (nSPS) is 19.9. The molecule has 2 N–H and O–H groups in total. The Kier molecular flexibility index (Phi) is 3.66. The molecule has 1 saturated heterocycles. The van der Waals surface area contributed by atoms with Crippen LogP contribution in [0.25, 0.3) is 0 Å². The third-order valence-corrected chi connectivity index (χ3v) is 2.80. The van der Waals surface area contributed by atoms with Crippen LogP contribution in [0.1, 0.15) is 12.0 Å². The molecule has 2 rings (SSSR count). The van der Waals surface area contributed by atoms with E-state index in [1.54, 1.807) is 6.07 Å². The Balaban J connectivity index is 2.14. The van der Waals surface area contributed by atoms with Crippen LogP contribution in [-0.2, 0) is 11.3 Å². The van der Waals surface area contributed by atoms with Gasteiger partial charge in [0.05, 0.1) is 0 Å². The lowest BCUT2D eigenvalue weighted by atomic mass is 10.2. The molecular formula is C12H13F3N2O2. The van der Waals surface area contributed by atoms with Crippen LogP contribution < -0.4 is 10.5 Å². The van der Waals surface area contributed by atoms with Gasteiger partial charge in [0.2, 0.25) is 5.91 Å². The third kappa shape index (κ3) is 3.60. The van der Waals surface area contributed by atoms with Gasteiger partial charge in [0.15, 0.2) is 0 Å². The van der Waals surface area contributed by atoms with Gasteiger partial charge in [-0.05, 0) is 6.07 Å². The highest BCUT2D eigenvalue weighted by Gasteiger charge is 2.33. The van der Waals surface area contributed by atoms with Crippen molar-refractivity contribution in [3.05, 3.63) is 29.8 Å². The predicted molar refractivity (Wildman–Crippen MR) is 61.1 cm³/mol. The topological polar surface area (TPSA) is 55.6 Å². The van der Waals surface area contributed by atoms with Gasteiger partial charge in [-0.15, -0.1) is 13.2 Å². The van der Waals surface area contributed by atoms with Gasteiger partial charge in [-0.25, -0.2) is 0 Å². The van der Waals surface area contributed by atoms with Crippen LogP contribution in [0, 0.1) is 0 Å². The minimum Gasteiger partial charge on any atom is -0.405 e. The zero-order chi connectivity index (χ0) is 14.0. The summed E-state index contributed by atoms with van der Waals surface area (Å²) in [5.74, 6) is -0.447. The fraction of sp³-hybridized carbons (Fsp3) is 0.417. The molecule has 7 heteroatoms. The smallest absolute Gasteiger partial charge is 0.405 e. The van der Waals surface area contributed by atoms with Crippen molar-refractivity contribution >= 4 is 5.91 Å². The van der Waals surface area contributed by atoms with Gasteiger partial charge in [0.1, 0.15) is 5.75 Å². The second kappa shape index (κ2) is 5.08. The van der Waals surface area contributed by atoms with Crippen molar-refractivity contribution in [3.63, 3.8) is 0 Å². The van der Waals surface area contributed by atoms with E-state index < -0.39 is 6.36 Å². The van der Waals surface area contributed by atoms with E-state index in [-0.39, 0.29) is 30.7 Å². The molecule has 104 valence electrons. The summed E-state index contributed by atoms with van der Waals surface area (Å²) in [5, 5.41) is 0. The maximum absolute atomic E-state index is 12.3. The van der Waals surface area contributed by atoms with Crippen molar-refractivity contribution in [1.82, 2.24) is 4.90 Å². The summed E-state index contributed by atoms with van der Waals surface area (Å²) in [6.07, 6.45) is -4.52. The Morgan fingerprint density at radius 2 is 2.05 bits per heavy atom. The van der Waals surface area contributed by atoms with Crippen LogP contribution >= 0.6 is 0 Å². The molecule has 1 fully saturated rings. The van der Waals surface area contributed by atoms with Crippen LogP contribution in [0.4, 0.5) is 13.2 Å². The maximum Gasteiger partial charge on any atom is 0.573 e. The van der Waals surface area contributed by atoms with E-state index in [9.17, 15) is 18.0 Å². The number of nitrogens with zero attached hydrogens (tertiary/aromatic N) is 1. The number of hydrogen-bond donors (Lipinski definition) is 1. The molecule has 0 aliphatic carbocycles. The first kappa shape index (κ1) is 13.7. The predicted octanol–water partition coefficient (Wildman–Crippen LogP) is 1.64. The van der Waals surface area contributed by atoms with Gasteiger partial charge in [-0.2, -0.15) is 0 Å². The van der Waals surface area contributed by atoms with Crippen LogP contribution in [-0.4, -0.2) is 29.8 Å². The third-order valence-electron chi connectivity index (χ3n) is 2.80. The molecule has 1 aliphatic rings. The van der Waals surface area contributed by atoms with Gasteiger partial charge in [-0.3, -0.25) is 4.79 Å². The van der Waals surface area contributed by atoms with Crippen molar-refractivity contribution in [3.8, 4) is 5.75 Å². The molecule has 0 radical (unpaired) electrons. The van der Waals surface area contributed by atoms with E-state index in [1.807, 2.05) is 0 Å². The van der Waals surface area contributed by atoms with Crippen molar-refractivity contribution in [2.24, 2.45) is 5.73 Å².